The lowest BCUT2D eigenvalue weighted by Gasteiger charge is -2.66. The highest BCUT2D eigenvalue weighted by Gasteiger charge is 2.61. The molecule has 4 unspecified atom stereocenters. The number of hydrogen-bond donors (Lipinski definition) is 0. The Morgan fingerprint density at radius 1 is 0.552 bits per heavy atom. The van der Waals surface area contributed by atoms with Crippen LogP contribution in [0.5, 0.6) is 0 Å². The van der Waals surface area contributed by atoms with E-state index in [2.05, 4.69) is 34.6 Å². The van der Waals surface area contributed by atoms with Crippen LogP contribution in [0.15, 0.2) is 0 Å². The molecule has 29 heavy (non-hydrogen) atoms. The molecule has 168 valence electrons. The summed E-state index contributed by atoms with van der Waals surface area (Å²) in [5.41, 5.74) is 1.54. The minimum atomic E-state index is 0.491. The maximum Gasteiger partial charge on any atom is -0.0208 e. The van der Waals surface area contributed by atoms with Gasteiger partial charge >= 0.3 is 0 Å². The molecule has 0 amide bonds. The van der Waals surface area contributed by atoms with Crippen LogP contribution in [0, 0.1) is 45.8 Å². The Balaban J connectivity index is 1.72. The Morgan fingerprint density at radius 3 is 1.69 bits per heavy atom. The second kappa shape index (κ2) is 8.50. The maximum absolute atomic E-state index is 2.85. The minimum Gasteiger partial charge on any atom is -0.0594 e. The van der Waals surface area contributed by atoms with Crippen LogP contribution in [0.3, 0.4) is 0 Å². The van der Waals surface area contributed by atoms with Crippen molar-refractivity contribution in [3.63, 3.8) is 0 Å². The van der Waals surface area contributed by atoms with Crippen molar-refractivity contribution in [1.82, 2.24) is 0 Å². The van der Waals surface area contributed by atoms with Crippen LogP contribution in [0.4, 0.5) is 0 Å². The average molecular weight is 401 g/mol. The lowest BCUT2D eigenvalue weighted by atomic mass is 9.38. The molecule has 0 heterocycles. The number of fused-ring (bicyclic) bond motifs is 1. The normalized spacial score (nSPS) is 38.6. The third-order valence-corrected chi connectivity index (χ3v) is 11.8. The van der Waals surface area contributed by atoms with Crippen molar-refractivity contribution in [1.29, 1.82) is 0 Å². The first-order valence-electron chi connectivity index (χ1n) is 13.8. The van der Waals surface area contributed by atoms with Crippen molar-refractivity contribution in [3.8, 4) is 0 Å². The van der Waals surface area contributed by atoms with E-state index in [9.17, 15) is 0 Å². The van der Waals surface area contributed by atoms with Gasteiger partial charge in [-0.1, -0.05) is 92.4 Å². The molecule has 4 aliphatic rings. The van der Waals surface area contributed by atoms with Gasteiger partial charge in [-0.25, -0.2) is 0 Å². The topological polar surface area (TPSA) is 0 Å². The van der Waals surface area contributed by atoms with Crippen molar-refractivity contribution >= 4 is 0 Å². The predicted octanol–water partition coefficient (Wildman–Crippen LogP) is 9.42. The van der Waals surface area contributed by atoms with Crippen molar-refractivity contribution in [3.05, 3.63) is 0 Å². The molecule has 0 bridgehead atoms. The largest absolute Gasteiger partial charge is 0.0594 e. The van der Waals surface area contributed by atoms with Gasteiger partial charge in [-0.05, 0) is 90.8 Å². The van der Waals surface area contributed by atoms with Gasteiger partial charge in [-0.15, -0.1) is 0 Å². The third kappa shape index (κ3) is 3.75. The van der Waals surface area contributed by atoms with Gasteiger partial charge in [0, 0.05) is 0 Å². The molecule has 0 heteroatoms. The van der Waals surface area contributed by atoms with E-state index >= 15 is 0 Å². The van der Waals surface area contributed by atoms with Crippen LogP contribution in [0.2, 0.25) is 0 Å². The zero-order chi connectivity index (χ0) is 20.7. The van der Waals surface area contributed by atoms with E-state index in [1.54, 1.807) is 6.42 Å². The van der Waals surface area contributed by atoms with Crippen LogP contribution < -0.4 is 0 Å². The van der Waals surface area contributed by atoms with Gasteiger partial charge in [0.2, 0.25) is 0 Å². The second-order valence-electron chi connectivity index (χ2n) is 13.3. The average Bonchev–Trinajstić information content (AvgIpc) is 2.75. The highest BCUT2D eigenvalue weighted by Crippen LogP contribution is 2.69. The molecule has 0 nitrogen and oxygen atoms in total. The van der Waals surface area contributed by atoms with Gasteiger partial charge in [-0.3, -0.25) is 0 Å². The second-order valence-corrected chi connectivity index (χ2v) is 13.3. The standard InChI is InChI=1S/C29H52/c1-27(2,23-15-8-6-9-16-23)26-21-20-22-14-12-13-19-25(22)29(26,5)28(3,4)24-17-10-7-11-18-24/h22-26H,6-21H2,1-5H3. The molecule has 4 fully saturated rings. The lowest BCUT2D eigenvalue weighted by molar-refractivity contribution is -0.180. The van der Waals surface area contributed by atoms with E-state index in [0.717, 1.165) is 29.6 Å². The van der Waals surface area contributed by atoms with E-state index < -0.39 is 0 Å². The van der Waals surface area contributed by atoms with Gasteiger partial charge in [0.25, 0.3) is 0 Å². The van der Waals surface area contributed by atoms with Gasteiger partial charge in [0.05, 0.1) is 0 Å². The molecule has 4 saturated carbocycles. The highest BCUT2D eigenvalue weighted by molar-refractivity contribution is 5.10. The first-order chi connectivity index (χ1) is 13.8. The lowest BCUT2D eigenvalue weighted by Crippen LogP contribution is -2.60. The smallest absolute Gasteiger partial charge is 0.0208 e. The molecule has 0 aliphatic heterocycles. The zero-order valence-corrected chi connectivity index (χ0v) is 20.7. The molecule has 0 radical (unpaired) electrons. The Bertz CT molecular complexity index is 530. The summed E-state index contributed by atoms with van der Waals surface area (Å²) in [5, 5.41) is 0. The van der Waals surface area contributed by atoms with Crippen LogP contribution >= 0.6 is 0 Å². The summed E-state index contributed by atoms with van der Waals surface area (Å²) in [6.07, 6.45) is 24.2. The fraction of sp³-hybridized carbons (Fsp3) is 1.00. The summed E-state index contributed by atoms with van der Waals surface area (Å²) in [6, 6.07) is 0. The molecule has 4 atom stereocenters. The predicted molar refractivity (Wildman–Crippen MR) is 127 cm³/mol. The van der Waals surface area contributed by atoms with Crippen molar-refractivity contribution < 1.29 is 0 Å². The van der Waals surface area contributed by atoms with Gasteiger partial charge < -0.3 is 0 Å². The monoisotopic (exact) mass is 400 g/mol. The van der Waals surface area contributed by atoms with Crippen LogP contribution in [-0.2, 0) is 0 Å². The van der Waals surface area contributed by atoms with E-state index in [1.807, 2.05) is 0 Å². The SMILES string of the molecule is CC(C)(C1CCCCC1)C1CCC2CCCCC2C1(C)C(C)(C)C1CCCCC1. The first kappa shape index (κ1) is 22.2. The quantitative estimate of drug-likeness (QED) is 0.440. The summed E-state index contributed by atoms with van der Waals surface area (Å²) < 4.78 is 0. The molecule has 4 rings (SSSR count). The van der Waals surface area contributed by atoms with Crippen molar-refractivity contribution in [2.24, 2.45) is 45.8 Å². The van der Waals surface area contributed by atoms with Crippen LogP contribution in [0.25, 0.3) is 0 Å². The van der Waals surface area contributed by atoms with E-state index in [1.165, 1.54) is 96.3 Å². The van der Waals surface area contributed by atoms with E-state index in [-0.39, 0.29) is 0 Å². The molecular weight excluding hydrogens is 348 g/mol. The zero-order valence-electron chi connectivity index (χ0n) is 20.7. The molecule has 0 aromatic rings. The molecule has 4 aliphatic carbocycles. The Hall–Kier alpha value is 0. The van der Waals surface area contributed by atoms with Crippen molar-refractivity contribution in [2.75, 3.05) is 0 Å². The Kier molecular flexibility index (Phi) is 6.51. The summed E-state index contributed by atoms with van der Waals surface area (Å²) in [4.78, 5) is 0. The van der Waals surface area contributed by atoms with Gasteiger partial charge in [0.1, 0.15) is 0 Å². The molecule has 0 aromatic heterocycles. The summed E-state index contributed by atoms with van der Waals surface area (Å²) in [5.74, 6) is 4.90. The molecule has 0 spiro atoms. The van der Waals surface area contributed by atoms with Crippen molar-refractivity contribution in [2.45, 2.75) is 137 Å². The Morgan fingerprint density at radius 2 is 1.07 bits per heavy atom. The molecule has 0 N–H and O–H groups in total. The minimum absolute atomic E-state index is 0.491. The summed E-state index contributed by atoms with van der Waals surface area (Å²) in [7, 11) is 0. The Labute approximate surface area is 183 Å². The summed E-state index contributed by atoms with van der Waals surface area (Å²) in [6.45, 7) is 13.8. The fourth-order valence-electron chi connectivity index (χ4n) is 9.75. The van der Waals surface area contributed by atoms with Crippen LogP contribution in [0.1, 0.15) is 137 Å². The molecular formula is C29H52. The maximum atomic E-state index is 2.85. The van der Waals surface area contributed by atoms with Gasteiger partial charge in [-0.2, -0.15) is 0 Å². The molecule has 0 aromatic carbocycles. The number of hydrogen-bond acceptors (Lipinski definition) is 0. The van der Waals surface area contributed by atoms with Crippen LogP contribution in [-0.4, -0.2) is 0 Å². The highest BCUT2D eigenvalue weighted by atomic mass is 14.7. The third-order valence-electron chi connectivity index (χ3n) is 11.8. The fourth-order valence-corrected chi connectivity index (χ4v) is 9.75. The molecule has 0 saturated heterocycles. The van der Waals surface area contributed by atoms with E-state index in [4.69, 9.17) is 0 Å². The van der Waals surface area contributed by atoms with E-state index in [0.29, 0.717) is 16.2 Å². The first-order valence-corrected chi connectivity index (χ1v) is 13.8. The summed E-state index contributed by atoms with van der Waals surface area (Å²) >= 11 is 0. The van der Waals surface area contributed by atoms with Gasteiger partial charge in [0.15, 0.2) is 0 Å². The number of rotatable bonds is 4.